The molecular formula is C17H26O4. The van der Waals surface area contributed by atoms with Crippen LogP contribution in [0.1, 0.15) is 44.6 Å². The van der Waals surface area contributed by atoms with E-state index in [0.717, 1.165) is 17.7 Å². The molecule has 0 bridgehead atoms. The van der Waals surface area contributed by atoms with Gasteiger partial charge in [0.2, 0.25) is 0 Å². The molecule has 0 aliphatic carbocycles. The van der Waals surface area contributed by atoms with Gasteiger partial charge in [-0.3, -0.25) is 4.79 Å². The maximum Gasteiger partial charge on any atom is 0.305 e. The predicted molar refractivity (Wildman–Crippen MR) is 83.0 cm³/mol. The molecule has 118 valence electrons. The standard InChI is InChI=1S/C17H26O4/c1-4-5-6-7-12-21-15-10-8-14(13-16(15)19-2)9-11-17(18)20-3/h8,10,13H,4-7,9,11-12H2,1-3H3. The SMILES string of the molecule is CCCCCCOc1ccc(CCC(=O)OC)cc1OC. The van der Waals surface area contributed by atoms with Gasteiger partial charge in [0.1, 0.15) is 0 Å². The summed E-state index contributed by atoms with van der Waals surface area (Å²) in [6.07, 6.45) is 5.72. The minimum atomic E-state index is -0.204. The maximum absolute atomic E-state index is 11.2. The molecule has 0 aliphatic rings. The molecule has 1 rings (SSSR count). The summed E-state index contributed by atoms with van der Waals surface area (Å²) < 4.78 is 15.8. The quantitative estimate of drug-likeness (QED) is 0.487. The van der Waals surface area contributed by atoms with Crippen molar-refractivity contribution in [1.82, 2.24) is 0 Å². The summed E-state index contributed by atoms with van der Waals surface area (Å²) in [6.45, 7) is 2.90. The second-order valence-electron chi connectivity index (χ2n) is 4.97. The zero-order valence-corrected chi connectivity index (χ0v) is 13.3. The fourth-order valence-corrected chi connectivity index (χ4v) is 2.05. The lowest BCUT2D eigenvalue weighted by molar-refractivity contribution is -0.140. The number of carbonyl (C=O) groups is 1. The lowest BCUT2D eigenvalue weighted by Crippen LogP contribution is -2.03. The summed E-state index contributed by atoms with van der Waals surface area (Å²) >= 11 is 0. The van der Waals surface area contributed by atoms with Gasteiger partial charge in [0.15, 0.2) is 11.5 Å². The number of rotatable bonds is 10. The second-order valence-corrected chi connectivity index (χ2v) is 4.97. The third-order valence-electron chi connectivity index (χ3n) is 3.33. The number of hydrogen-bond donors (Lipinski definition) is 0. The number of esters is 1. The molecule has 4 heteroatoms. The van der Waals surface area contributed by atoms with E-state index in [9.17, 15) is 4.79 Å². The highest BCUT2D eigenvalue weighted by molar-refractivity contribution is 5.69. The first-order valence-corrected chi connectivity index (χ1v) is 7.57. The molecule has 1 aromatic rings. The first-order chi connectivity index (χ1) is 10.2. The van der Waals surface area contributed by atoms with Crippen LogP contribution in [0, 0.1) is 0 Å². The van der Waals surface area contributed by atoms with Crippen molar-refractivity contribution in [2.75, 3.05) is 20.8 Å². The smallest absolute Gasteiger partial charge is 0.305 e. The summed E-state index contributed by atoms with van der Waals surface area (Å²) in [5.74, 6) is 1.27. The average molecular weight is 294 g/mol. The van der Waals surface area contributed by atoms with E-state index in [-0.39, 0.29) is 5.97 Å². The van der Waals surface area contributed by atoms with Gasteiger partial charge in [-0.1, -0.05) is 32.3 Å². The van der Waals surface area contributed by atoms with Crippen molar-refractivity contribution in [2.24, 2.45) is 0 Å². The molecule has 0 spiro atoms. The Kier molecular flexibility index (Phi) is 8.32. The van der Waals surface area contributed by atoms with Crippen molar-refractivity contribution in [3.63, 3.8) is 0 Å². The van der Waals surface area contributed by atoms with Crippen LogP contribution >= 0.6 is 0 Å². The topological polar surface area (TPSA) is 44.8 Å². The third-order valence-corrected chi connectivity index (χ3v) is 3.33. The summed E-state index contributed by atoms with van der Waals surface area (Å²) in [4.78, 5) is 11.2. The van der Waals surface area contributed by atoms with Gasteiger partial charge in [-0.15, -0.1) is 0 Å². The molecule has 1 aromatic carbocycles. The van der Waals surface area contributed by atoms with E-state index in [1.807, 2.05) is 18.2 Å². The third kappa shape index (κ3) is 6.52. The van der Waals surface area contributed by atoms with E-state index < -0.39 is 0 Å². The van der Waals surface area contributed by atoms with Crippen LogP contribution < -0.4 is 9.47 Å². The van der Waals surface area contributed by atoms with Gasteiger partial charge in [0, 0.05) is 6.42 Å². The number of hydrogen-bond acceptors (Lipinski definition) is 4. The number of aryl methyl sites for hydroxylation is 1. The zero-order chi connectivity index (χ0) is 15.5. The maximum atomic E-state index is 11.2. The molecule has 21 heavy (non-hydrogen) atoms. The summed E-state index contributed by atoms with van der Waals surface area (Å²) in [5, 5.41) is 0. The second kappa shape index (κ2) is 10.1. The van der Waals surface area contributed by atoms with Gasteiger partial charge >= 0.3 is 5.97 Å². The fourth-order valence-electron chi connectivity index (χ4n) is 2.05. The van der Waals surface area contributed by atoms with E-state index in [1.165, 1.54) is 26.4 Å². The van der Waals surface area contributed by atoms with E-state index in [2.05, 4.69) is 11.7 Å². The summed E-state index contributed by atoms with van der Waals surface area (Å²) in [7, 11) is 3.03. The molecule has 0 amide bonds. The number of methoxy groups -OCH3 is 2. The van der Waals surface area contributed by atoms with Crippen molar-refractivity contribution in [3.8, 4) is 11.5 Å². The highest BCUT2D eigenvalue weighted by Crippen LogP contribution is 2.28. The van der Waals surface area contributed by atoms with Gasteiger partial charge in [0.05, 0.1) is 20.8 Å². The highest BCUT2D eigenvalue weighted by atomic mass is 16.5. The van der Waals surface area contributed by atoms with Crippen LogP contribution in [0.5, 0.6) is 11.5 Å². The van der Waals surface area contributed by atoms with Gasteiger partial charge in [-0.05, 0) is 30.5 Å². The highest BCUT2D eigenvalue weighted by Gasteiger charge is 2.07. The molecule has 0 atom stereocenters. The molecule has 0 aliphatic heterocycles. The van der Waals surface area contributed by atoms with Crippen molar-refractivity contribution in [2.45, 2.75) is 45.4 Å². The van der Waals surface area contributed by atoms with E-state index in [0.29, 0.717) is 25.2 Å². The Balaban J connectivity index is 2.51. The Bertz CT molecular complexity index is 429. The Morgan fingerprint density at radius 1 is 1.10 bits per heavy atom. The molecule has 0 aromatic heterocycles. The summed E-state index contributed by atoms with van der Waals surface area (Å²) in [5.41, 5.74) is 1.04. The van der Waals surface area contributed by atoms with Crippen LogP contribution in [0.4, 0.5) is 0 Å². The Labute approximate surface area is 127 Å². The minimum absolute atomic E-state index is 0.204. The predicted octanol–water partition coefficient (Wildman–Crippen LogP) is 3.76. The molecule has 4 nitrogen and oxygen atoms in total. The number of ether oxygens (including phenoxy) is 3. The molecule has 0 radical (unpaired) electrons. The van der Waals surface area contributed by atoms with Crippen LogP contribution in [0.2, 0.25) is 0 Å². The Hall–Kier alpha value is -1.71. The van der Waals surface area contributed by atoms with Crippen LogP contribution in [0.15, 0.2) is 18.2 Å². The normalized spacial score (nSPS) is 10.2. The first-order valence-electron chi connectivity index (χ1n) is 7.57. The largest absolute Gasteiger partial charge is 0.493 e. The average Bonchev–Trinajstić information content (AvgIpc) is 2.52. The van der Waals surface area contributed by atoms with E-state index >= 15 is 0 Å². The van der Waals surface area contributed by atoms with Crippen LogP contribution in [-0.2, 0) is 16.0 Å². The van der Waals surface area contributed by atoms with Gasteiger partial charge in [0.25, 0.3) is 0 Å². The molecule has 0 heterocycles. The van der Waals surface area contributed by atoms with Gasteiger partial charge < -0.3 is 14.2 Å². The molecule has 0 unspecified atom stereocenters. The molecular weight excluding hydrogens is 268 g/mol. The lowest BCUT2D eigenvalue weighted by atomic mass is 10.1. The minimum Gasteiger partial charge on any atom is -0.493 e. The molecule has 0 N–H and O–H groups in total. The van der Waals surface area contributed by atoms with E-state index in [4.69, 9.17) is 9.47 Å². The van der Waals surface area contributed by atoms with Crippen molar-refractivity contribution < 1.29 is 19.0 Å². The number of carbonyl (C=O) groups excluding carboxylic acids is 1. The first kappa shape index (κ1) is 17.3. The van der Waals surface area contributed by atoms with Crippen molar-refractivity contribution in [1.29, 1.82) is 0 Å². The molecule has 0 saturated carbocycles. The van der Waals surface area contributed by atoms with Gasteiger partial charge in [-0.2, -0.15) is 0 Å². The Morgan fingerprint density at radius 3 is 2.57 bits per heavy atom. The van der Waals surface area contributed by atoms with Crippen molar-refractivity contribution >= 4 is 5.97 Å². The monoisotopic (exact) mass is 294 g/mol. The lowest BCUT2D eigenvalue weighted by Gasteiger charge is -2.12. The van der Waals surface area contributed by atoms with E-state index in [1.54, 1.807) is 7.11 Å². The number of unbranched alkanes of at least 4 members (excludes halogenated alkanes) is 3. The van der Waals surface area contributed by atoms with Crippen LogP contribution in [-0.4, -0.2) is 26.8 Å². The van der Waals surface area contributed by atoms with Crippen LogP contribution in [0.3, 0.4) is 0 Å². The van der Waals surface area contributed by atoms with Gasteiger partial charge in [-0.25, -0.2) is 0 Å². The van der Waals surface area contributed by atoms with Crippen LogP contribution in [0.25, 0.3) is 0 Å². The fraction of sp³-hybridized carbons (Fsp3) is 0.588. The number of benzene rings is 1. The molecule has 0 saturated heterocycles. The molecule has 0 fully saturated rings. The zero-order valence-electron chi connectivity index (χ0n) is 13.3. The summed E-state index contributed by atoms with van der Waals surface area (Å²) in [6, 6.07) is 5.79. The Morgan fingerprint density at radius 2 is 1.90 bits per heavy atom. The van der Waals surface area contributed by atoms with Crippen molar-refractivity contribution in [3.05, 3.63) is 23.8 Å².